The monoisotopic (exact) mass is 295 g/mol. The molecular formula is C13H14ClN3OS. The number of anilines is 2. The maximum atomic E-state index is 11.1. The highest BCUT2D eigenvalue weighted by Gasteiger charge is 2.03. The Hall–Kier alpha value is -1.59. The molecule has 2 rings (SSSR count). The number of benzene rings is 1. The second-order valence-electron chi connectivity index (χ2n) is 4.12. The predicted molar refractivity (Wildman–Crippen MR) is 79.9 cm³/mol. The van der Waals surface area contributed by atoms with Gasteiger partial charge in [0.15, 0.2) is 0 Å². The summed E-state index contributed by atoms with van der Waals surface area (Å²) in [7, 11) is 0. The lowest BCUT2D eigenvalue weighted by molar-refractivity contribution is -0.114. The molecule has 0 spiro atoms. The third kappa shape index (κ3) is 3.94. The fourth-order valence-corrected chi connectivity index (χ4v) is 2.50. The first-order chi connectivity index (χ1) is 9.04. The Kier molecular flexibility index (Phi) is 4.39. The third-order valence-electron chi connectivity index (χ3n) is 2.52. The number of nitrogens with one attached hydrogen (secondary N) is 2. The Labute approximate surface area is 120 Å². The van der Waals surface area contributed by atoms with Crippen molar-refractivity contribution in [2.24, 2.45) is 0 Å². The number of carbonyl (C=O) groups excluding carboxylic acids is 1. The molecule has 0 saturated carbocycles. The van der Waals surface area contributed by atoms with Crippen LogP contribution in [-0.4, -0.2) is 10.9 Å². The van der Waals surface area contributed by atoms with Gasteiger partial charge in [0.25, 0.3) is 0 Å². The van der Waals surface area contributed by atoms with Crippen molar-refractivity contribution in [3.63, 3.8) is 0 Å². The highest BCUT2D eigenvalue weighted by Crippen LogP contribution is 2.22. The molecule has 1 heterocycles. The van der Waals surface area contributed by atoms with Crippen molar-refractivity contribution in [1.29, 1.82) is 0 Å². The van der Waals surface area contributed by atoms with Gasteiger partial charge in [-0.15, -0.1) is 11.3 Å². The van der Waals surface area contributed by atoms with Crippen molar-refractivity contribution in [3.8, 4) is 0 Å². The summed E-state index contributed by atoms with van der Waals surface area (Å²) in [6.07, 6.45) is 1.64. The van der Waals surface area contributed by atoms with Gasteiger partial charge >= 0.3 is 0 Å². The average Bonchev–Trinajstić information content (AvgIpc) is 2.75. The van der Waals surface area contributed by atoms with Gasteiger partial charge in [-0.05, 0) is 24.6 Å². The van der Waals surface area contributed by atoms with Gasteiger partial charge in [0.2, 0.25) is 5.91 Å². The van der Waals surface area contributed by atoms with Gasteiger partial charge in [-0.3, -0.25) is 4.79 Å². The van der Waals surface area contributed by atoms with E-state index in [0.29, 0.717) is 10.9 Å². The summed E-state index contributed by atoms with van der Waals surface area (Å²) in [5.74, 6) is -0.0769. The maximum absolute atomic E-state index is 11.1. The van der Waals surface area contributed by atoms with Gasteiger partial charge in [-0.2, -0.15) is 0 Å². The van der Waals surface area contributed by atoms with Crippen LogP contribution in [0.4, 0.5) is 11.4 Å². The summed E-state index contributed by atoms with van der Waals surface area (Å²) in [4.78, 5) is 15.3. The first-order valence-electron chi connectivity index (χ1n) is 5.77. The number of hydrogen-bond acceptors (Lipinski definition) is 4. The first kappa shape index (κ1) is 13.8. The third-order valence-corrected chi connectivity index (χ3v) is 3.63. The molecule has 1 aromatic carbocycles. The van der Waals surface area contributed by atoms with Gasteiger partial charge in [-0.1, -0.05) is 17.7 Å². The molecule has 0 radical (unpaired) electrons. The number of nitrogens with zero attached hydrogens (tertiary/aromatic N) is 1. The smallest absolute Gasteiger partial charge is 0.221 e. The molecule has 2 N–H and O–H groups in total. The Balaban J connectivity index is 2.06. The Morgan fingerprint density at radius 3 is 2.89 bits per heavy atom. The molecule has 0 aliphatic carbocycles. The molecule has 1 amide bonds. The molecule has 0 aliphatic rings. The first-order valence-corrected chi connectivity index (χ1v) is 6.96. The van der Waals surface area contributed by atoms with Crippen LogP contribution in [0.25, 0.3) is 0 Å². The highest BCUT2D eigenvalue weighted by atomic mass is 35.5. The van der Waals surface area contributed by atoms with Gasteiger partial charge in [0.05, 0.1) is 12.7 Å². The molecule has 19 heavy (non-hydrogen) atoms. The number of rotatable bonds is 4. The predicted octanol–water partition coefficient (Wildman–Crippen LogP) is 3.68. The van der Waals surface area contributed by atoms with Crippen molar-refractivity contribution in [2.45, 2.75) is 20.4 Å². The van der Waals surface area contributed by atoms with Crippen LogP contribution in [0.2, 0.25) is 4.34 Å². The van der Waals surface area contributed by atoms with E-state index in [4.69, 9.17) is 11.6 Å². The van der Waals surface area contributed by atoms with Crippen LogP contribution in [0.1, 0.15) is 17.5 Å². The van der Waals surface area contributed by atoms with E-state index in [2.05, 4.69) is 15.6 Å². The van der Waals surface area contributed by atoms with E-state index in [1.165, 1.54) is 18.3 Å². The van der Waals surface area contributed by atoms with Crippen LogP contribution in [0.3, 0.4) is 0 Å². The minimum absolute atomic E-state index is 0.0769. The van der Waals surface area contributed by atoms with Crippen molar-refractivity contribution < 1.29 is 4.79 Å². The lowest BCUT2D eigenvalue weighted by Gasteiger charge is -2.10. The zero-order valence-corrected chi connectivity index (χ0v) is 12.2. The second kappa shape index (κ2) is 6.04. The molecule has 0 unspecified atom stereocenters. The van der Waals surface area contributed by atoms with Crippen molar-refractivity contribution >= 4 is 40.2 Å². The molecule has 0 aliphatic heterocycles. The van der Waals surface area contributed by atoms with E-state index in [1.54, 1.807) is 6.20 Å². The zero-order valence-electron chi connectivity index (χ0n) is 10.7. The largest absolute Gasteiger partial charge is 0.378 e. The number of thiazole rings is 1. The summed E-state index contributed by atoms with van der Waals surface area (Å²) in [5, 5.41) is 6.98. The Morgan fingerprint density at radius 2 is 2.26 bits per heavy atom. The van der Waals surface area contributed by atoms with Gasteiger partial charge in [0, 0.05) is 18.3 Å². The van der Waals surface area contributed by atoms with Crippen LogP contribution in [0.5, 0.6) is 0 Å². The van der Waals surface area contributed by atoms with E-state index in [1.807, 2.05) is 25.1 Å². The Bertz CT molecular complexity index is 597. The Morgan fingerprint density at radius 1 is 1.47 bits per heavy atom. The minimum Gasteiger partial charge on any atom is -0.378 e. The SMILES string of the molecule is CC(=O)Nc1cc(NCc2ncc(Cl)s2)ccc1C. The van der Waals surface area contributed by atoms with Crippen LogP contribution in [0, 0.1) is 6.92 Å². The summed E-state index contributed by atoms with van der Waals surface area (Å²) < 4.78 is 0.680. The summed E-state index contributed by atoms with van der Waals surface area (Å²) in [6, 6.07) is 5.84. The molecular weight excluding hydrogens is 282 g/mol. The lowest BCUT2D eigenvalue weighted by Crippen LogP contribution is -2.08. The lowest BCUT2D eigenvalue weighted by atomic mass is 10.2. The fourth-order valence-electron chi connectivity index (χ4n) is 1.60. The van der Waals surface area contributed by atoms with E-state index < -0.39 is 0 Å². The van der Waals surface area contributed by atoms with Gasteiger partial charge in [0.1, 0.15) is 9.34 Å². The molecule has 100 valence electrons. The quantitative estimate of drug-likeness (QED) is 0.905. The number of hydrogen-bond donors (Lipinski definition) is 2. The van der Waals surface area contributed by atoms with E-state index in [9.17, 15) is 4.79 Å². The zero-order chi connectivity index (χ0) is 13.8. The van der Waals surface area contributed by atoms with Crippen LogP contribution >= 0.6 is 22.9 Å². The summed E-state index contributed by atoms with van der Waals surface area (Å²) >= 11 is 7.27. The molecule has 0 atom stereocenters. The number of aryl methyl sites for hydroxylation is 1. The van der Waals surface area contributed by atoms with Crippen molar-refractivity contribution in [1.82, 2.24) is 4.98 Å². The number of amides is 1. The molecule has 0 bridgehead atoms. The number of aromatic nitrogens is 1. The standard InChI is InChI=1S/C13H14ClN3OS/c1-8-3-4-10(5-11(8)17-9(2)18)15-7-13-16-6-12(14)19-13/h3-6,15H,7H2,1-2H3,(H,17,18). The van der Waals surface area contributed by atoms with Crippen LogP contribution in [0.15, 0.2) is 24.4 Å². The average molecular weight is 296 g/mol. The number of halogens is 1. The normalized spacial score (nSPS) is 10.3. The maximum Gasteiger partial charge on any atom is 0.221 e. The molecule has 2 aromatic rings. The van der Waals surface area contributed by atoms with Gasteiger partial charge < -0.3 is 10.6 Å². The number of carbonyl (C=O) groups is 1. The van der Waals surface area contributed by atoms with Crippen LogP contribution in [-0.2, 0) is 11.3 Å². The second-order valence-corrected chi connectivity index (χ2v) is 5.87. The topological polar surface area (TPSA) is 54.0 Å². The molecule has 0 fully saturated rings. The summed E-state index contributed by atoms with van der Waals surface area (Å²) in [6.45, 7) is 4.06. The summed E-state index contributed by atoms with van der Waals surface area (Å²) in [5.41, 5.74) is 2.77. The van der Waals surface area contributed by atoms with Gasteiger partial charge in [-0.25, -0.2) is 4.98 Å². The van der Waals surface area contributed by atoms with Crippen LogP contribution < -0.4 is 10.6 Å². The molecule has 0 saturated heterocycles. The van der Waals surface area contributed by atoms with E-state index >= 15 is 0 Å². The van der Waals surface area contributed by atoms with Crippen molar-refractivity contribution in [3.05, 3.63) is 39.3 Å². The van der Waals surface area contributed by atoms with E-state index in [-0.39, 0.29) is 5.91 Å². The highest BCUT2D eigenvalue weighted by molar-refractivity contribution is 7.15. The molecule has 4 nitrogen and oxygen atoms in total. The van der Waals surface area contributed by atoms with Crippen molar-refractivity contribution in [2.75, 3.05) is 10.6 Å². The minimum atomic E-state index is -0.0769. The van der Waals surface area contributed by atoms with E-state index in [0.717, 1.165) is 21.9 Å². The molecule has 1 aromatic heterocycles. The fraction of sp³-hybridized carbons (Fsp3) is 0.231. The molecule has 6 heteroatoms.